The van der Waals surface area contributed by atoms with E-state index in [0.717, 1.165) is 60.8 Å². The number of alkyl halides is 3. The Morgan fingerprint density at radius 1 is 1.16 bits per heavy atom. The average molecular weight is 540 g/mol. The Hall–Kier alpha value is -3.85. The van der Waals surface area contributed by atoms with Crippen LogP contribution < -0.4 is 21.1 Å². The second kappa shape index (κ2) is 11.0. The summed E-state index contributed by atoms with van der Waals surface area (Å²) in [5, 5.41) is 22.1. The number of ether oxygens (including phenoxy) is 2. The van der Waals surface area contributed by atoms with Crippen LogP contribution in [0, 0.1) is 5.82 Å². The lowest BCUT2D eigenvalue weighted by atomic mass is 9.93. The number of methoxy groups -OCH3 is 1. The van der Waals surface area contributed by atoms with Crippen molar-refractivity contribution in [3.63, 3.8) is 0 Å². The van der Waals surface area contributed by atoms with Gasteiger partial charge in [-0.3, -0.25) is 10.1 Å². The van der Waals surface area contributed by atoms with Crippen LogP contribution in [0.5, 0.6) is 5.75 Å². The van der Waals surface area contributed by atoms with Gasteiger partial charge in [-0.2, -0.15) is 0 Å². The summed E-state index contributed by atoms with van der Waals surface area (Å²) in [6.07, 6.45) is -2.23. The number of nitrogens with two attached hydrogens (primary N) is 1. The van der Waals surface area contributed by atoms with Crippen LogP contribution in [-0.2, 0) is 9.53 Å². The normalized spacial score (nSPS) is 16.6. The van der Waals surface area contributed by atoms with Crippen molar-refractivity contribution in [1.29, 1.82) is 0 Å². The summed E-state index contributed by atoms with van der Waals surface area (Å²) in [5.41, 5.74) is 6.98. The van der Waals surface area contributed by atoms with E-state index in [1.807, 2.05) is 6.07 Å². The molecule has 0 spiro atoms. The van der Waals surface area contributed by atoms with Crippen molar-refractivity contribution in [1.82, 2.24) is 20.4 Å². The minimum Gasteiger partial charge on any atom is -0.406 e. The molecule has 2 aromatic heterocycles. The molecule has 0 fully saturated rings. The van der Waals surface area contributed by atoms with Crippen molar-refractivity contribution in [2.24, 2.45) is 0 Å². The van der Waals surface area contributed by atoms with Crippen LogP contribution in [0.1, 0.15) is 36.6 Å². The standard InChI is InChI=1S/C22H21F4N7O3S/c1-35-18(14-10-13(6-7-15(14)23)36-22(24,25)26)19(34)29-21-33-32-20(37-21)28-12-4-2-11(3-5-12)16-8-9-17(27)31-30-16/h2,6-10,12,18H,3-5H2,1H3,(H2,27,31)(H,28,32)(H,29,33,34)/t12-,18+/m1/s1. The highest BCUT2D eigenvalue weighted by Crippen LogP contribution is 2.31. The second-order valence-corrected chi connectivity index (χ2v) is 8.91. The number of hydrogen-bond donors (Lipinski definition) is 3. The number of amides is 1. The minimum absolute atomic E-state index is 0.0687. The zero-order valence-corrected chi connectivity index (χ0v) is 20.1. The first-order valence-electron chi connectivity index (χ1n) is 10.9. The molecule has 2 atom stereocenters. The molecule has 1 amide bonds. The number of halogens is 4. The zero-order chi connectivity index (χ0) is 26.6. The van der Waals surface area contributed by atoms with Gasteiger partial charge in [0.2, 0.25) is 10.3 Å². The maximum absolute atomic E-state index is 14.3. The highest BCUT2D eigenvalue weighted by Gasteiger charge is 2.32. The average Bonchev–Trinajstić information content (AvgIpc) is 3.28. The maximum Gasteiger partial charge on any atom is 0.573 e. The number of carbonyl (C=O) groups excluding carboxylic acids is 1. The number of hydrogen-bond acceptors (Lipinski definition) is 10. The van der Waals surface area contributed by atoms with E-state index in [9.17, 15) is 22.4 Å². The van der Waals surface area contributed by atoms with Gasteiger partial charge in [0.05, 0.1) is 5.69 Å². The quantitative estimate of drug-likeness (QED) is 0.357. The summed E-state index contributed by atoms with van der Waals surface area (Å²) in [4.78, 5) is 12.7. The van der Waals surface area contributed by atoms with Crippen LogP contribution in [0.25, 0.3) is 5.57 Å². The highest BCUT2D eigenvalue weighted by atomic mass is 32.1. The smallest absolute Gasteiger partial charge is 0.406 e. The molecule has 10 nitrogen and oxygen atoms in total. The van der Waals surface area contributed by atoms with Crippen molar-refractivity contribution >= 4 is 38.9 Å². The van der Waals surface area contributed by atoms with E-state index >= 15 is 0 Å². The second-order valence-electron chi connectivity index (χ2n) is 7.94. The Kier molecular flexibility index (Phi) is 7.83. The van der Waals surface area contributed by atoms with E-state index < -0.39 is 35.5 Å². The molecule has 37 heavy (non-hydrogen) atoms. The Morgan fingerprint density at radius 2 is 1.95 bits per heavy atom. The molecular weight excluding hydrogens is 518 g/mol. The van der Waals surface area contributed by atoms with Crippen molar-refractivity contribution in [2.75, 3.05) is 23.5 Å². The Labute approximate surface area is 211 Å². The number of allylic oxidation sites excluding steroid dienone is 1. The van der Waals surface area contributed by atoms with Crippen LogP contribution in [0.3, 0.4) is 0 Å². The minimum atomic E-state index is -4.98. The summed E-state index contributed by atoms with van der Waals surface area (Å²) in [5.74, 6) is -2.12. The number of nitrogen functional groups attached to an aromatic ring is 1. The van der Waals surface area contributed by atoms with Gasteiger partial charge in [-0.15, -0.1) is 33.6 Å². The molecule has 15 heteroatoms. The Balaban J connectivity index is 1.37. The molecule has 1 aromatic carbocycles. The Morgan fingerprint density at radius 3 is 2.59 bits per heavy atom. The monoisotopic (exact) mass is 539 g/mol. The van der Waals surface area contributed by atoms with Gasteiger partial charge in [0, 0.05) is 18.7 Å². The molecule has 0 aliphatic heterocycles. The number of anilines is 3. The lowest BCUT2D eigenvalue weighted by molar-refractivity contribution is -0.274. The van der Waals surface area contributed by atoms with Crippen molar-refractivity contribution in [3.8, 4) is 5.75 Å². The lowest BCUT2D eigenvalue weighted by Crippen LogP contribution is -2.24. The van der Waals surface area contributed by atoms with Gasteiger partial charge in [-0.1, -0.05) is 17.4 Å². The van der Waals surface area contributed by atoms with E-state index in [-0.39, 0.29) is 11.2 Å². The van der Waals surface area contributed by atoms with Gasteiger partial charge in [0.25, 0.3) is 5.91 Å². The fourth-order valence-electron chi connectivity index (χ4n) is 3.68. The van der Waals surface area contributed by atoms with Crippen molar-refractivity contribution in [2.45, 2.75) is 37.8 Å². The summed E-state index contributed by atoms with van der Waals surface area (Å²) in [6.45, 7) is 0. The largest absolute Gasteiger partial charge is 0.573 e. The van der Waals surface area contributed by atoms with E-state index in [1.54, 1.807) is 6.07 Å². The first kappa shape index (κ1) is 26.2. The molecule has 0 saturated heterocycles. The third kappa shape index (κ3) is 6.89. The molecule has 4 N–H and O–H groups in total. The van der Waals surface area contributed by atoms with Crippen LogP contribution in [0.2, 0.25) is 0 Å². The van der Waals surface area contributed by atoms with E-state index in [1.165, 1.54) is 0 Å². The molecule has 2 heterocycles. The number of benzene rings is 1. The molecule has 196 valence electrons. The Bertz CT molecular complexity index is 1280. The highest BCUT2D eigenvalue weighted by molar-refractivity contribution is 7.19. The van der Waals surface area contributed by atoms with Crippen molar-refractivity contribution < 1.29 is 31.8 Å². The van der Waals surface area contributed by atoms with Gasteiger partial charge >= 0.3 is 6.36 Å². The van der Waals surface area contributed by atoms with Crippen molar-refractivity contribution in [3.05, 3.63) is 53.5 Å². The summed E-state index contributed by atoms with van der Waals surface area (Å²) in [7, 11) is 1.12. The predicted octanol–water partition coefficient (Wildman–Crippen LogP) is 4.32. The SMILES string of the molecule is CO[C@H](C(=O)Nc1nnc(N[C@@H]2CC=C(c3ccc(N)nn3)CC2)s1)c1cc(OC(F)(F)F)ccc1F. The van der Waals surface area contributed by atoms with Crippen LogP contribution in [-0.4, -0.2) is 45.8 Å². The van der Waals surface area contributed by atoms with Crippen LogP contribution >= 0.6 is 11.3 Å². The number of rotatable bonds is 8. The zero-order valence-electron chi connectivity index (χ0n) is 19.3. The fraction of sp³-hybridized carbons (Fsp3) is 0.318. The third-order valence-electron chi connectivity index (χ3n) is 5.37. The van der Waals surface area contributed by atoms with Gasteiger partial charge < -0.3 is 20.5 Å². The van der Waals surface area contributed by atoms with E-state index in [4.69, 9.17) is 10.5 Å². The third-order valence-corrected chi connectivity index (χ3v) is 6.14. The molecule has 0 unspecified atom stereocenters. The number of aromatic nitrogens is 4. The summed E-state index contributed by atoms with van der Waals surface area (Å²) < 4.78 is 60.7. The molecule has 4 rings (SSSR count). The summed E-state index contributed by atoms with van der Waals surface area (Å²) >= 11 is 1.05. The lowest BCUT2D eigenvalue weighted by Gasteiger charge is -2.22. The molecule has 0 bridgehead atoms. The molecular formula is C22H21F4N7O3S. The van der Waals surface area contributed by atoms with Gasteiger partial charge in [0.15, 0.2) is 6.10 Å². The number of nitrogens with one attached hydrogen (secondary N) is 2. The molecule has 3 aromatic rings. The maximum atomic E-state index is 14.3. The molecule has 0 saturated carbocycles. The summed E-state index contributed by atoms with van der Waals surface area (Å²) in [6, 6.07) is 5.89. The van der Waals surface area contributed by atoms with Gasteiger partial charge in [-0.05, 0) is 55.2 Å². The van der Waals surface area contributed by atoms with E-state index in [0.29, 0.717) is 17.4 Å². The van der Waals surface area contributed by atoms with Gasteiger partial charge in [0.1, 0.15) is 17.4 Å². The van der Waals surface area contributed by atoms with E-state index in [2.05, 4.69) is 41.8 Å². The first-order valence-corrected chi connectivity index (χ1v) is 11.7. The van der Waals surface area contributed by atoms with Crippen LogP contribution in [0.4, 0.5) is 33.6 Å². The molecule has 1 aliphatic rings. The molecule has 1 aliphatic carbocycles. The predicted molar refractivity (Wildman–Crippen MR) is 127 cm³/mol. The van der Waals surface area contributed by atoms with Crippen LogP contribution in [0.15, 0.2) is 36.4 Å². The van der Waals surface area contributed by atoms with Gasteiger partial charge in [-0.25, -0.2) is 4.39 Å². The topological polar surface area (TPSA) is 137 Å². The molecule has 0 radical (unpaired) electrons. The number of nitrogens with zero attached hydrogens (tertiary/aromatic N) is 4. The first-order chi connectivity index (χ1) is 17.6. The number of carbonyl (C=O) groups is 1. The fourth-order valence-corrected chi connectivity index (χ4v) is 4.41.